The van der Waals surface area contributed by atoms with E-state index in [0.717, 1.165) is 17.6 Å². The van der Waals surface area contributed by atoms with E-state index in [4.69, 9.17) is 9.47 Å². The number of amides is 2. The molecule has 0 saturated carbocycles. The normalized spacial score (nSPS) is 12.4. The monoisotopic (exact) mass is 481 g/mol. The van der Waals surface area contributed by atoms with Crippen LogP contribution in [0.4, 0.5) is 5.69 Å². The zero-order valence-corrected chi connectivity index (χ0v) is 20.3. The van der Waals surface area contributed by atoms with E-state index in [-0.39, 0.29) is 24.2 Å². The van der Waals surface area contributed by atoms with E-state index in [9.17, 15) is 14.7 Å². The zero-order valence-electron chi connectivity index (χ0n) is 20.3. The second kappa shape index (κ2) is 13.5. The molecule has 1 aliphatic heterocycles. The fraction of sp³-hybridized carbons (Fsp3) is 0.407. The van der Waals surface area contributed by atoms with Gasteiger partial charge in [0.15, 0.2) is 12.4 Å². The molecule has 2 aromatic carbocycles. The zero-order chi connectivity index (χ0) is 25.0. The lowest BCUT2D eigenvalue weighted by atomic mass is 10.1. The van der Waals surface area contributed by atoms with Gasteiger partial charge in [-0.1, -0.05) is 48.6 Å². The predicted molar refractivity (Wildman–Crippen MR) is 136 cm³/mol. The summed E-state index contributed by atoms with van der Waals surface area (Å²) in [7, 11) is 0. The van der Waals surface area contributed by atoms with Crippen molar-refractivity contribution in [2.24, 2.45) is 0 Å². The van der Waals surface area contributed by atoms with E-state index in [2.05, 4.69) is 29.3 Å². The first-order chi connectivity index (χ1) is 16.9. The Morgan fingerprint density at radius 1 is 1.17 bits per heavy atom. The summed E-state index contributed by atoms with van der Waals surface area (Å²) in [4.78, 5) is 26.1. The summed E-state index contributed by atoms with van der Waals surface area (Å²) in [6, 6.07) is 13.5. The Morgan fingerprint density at radius 2 is 1.97 bits per heavy atom. The number of benzene rings is 2. The predicted octanol–water partition coefficient (Wildman–Crippen LogP) is 2.91. The highest BCUT2D eigenvalue weighted by Gasteiger charge is 2.22. The van der Waals surface area contributed by atoms with E-state index in [1.54, 1.807) is 17.0 Å². The van der Waals surface area contributed by atoms with Gasteiger partial charge >= 0.3 is 0 Å². The van der Waals surface area contributed by atoms with Gasteiger partial charge in [0, 0.05) is 19.6 Å². The highest BCUT2D eigenvalue weighted by molar-refractivity contribution is 5.97. The van der Waals surface area contributed by atoms with Crippen molar-refractivity contribution in [2.75, 3.05) is 51.3 Å². The average Bonchev–Trinajstić information content (AvgIpc) is 2.84. The van der Waals surface area contributed by atoms with Gasteiger partial charge in [0.25, 0.3) is 5.91 Å². The lowest BCUT2D eigenvalue weighted by Gasteiger charge is -2.24. The van der Waals surface area contributed by atoms with Crippen molar-refractivity contribution < 1.29 is 24.2 Å². The summed E-state index contributed by atoms with van der Waals surface area (Å²) in [5.74, 6) is 0.263. The number of phenolic OH excluding ortho intramolecular Hbond substituents is 1. The molecule has 0 atom stereocenters. The third kappa shape index (κ3) is 8.42. The van der Waals surface area contributed by atoms with E-state index < -0.39 is 0 Å². The fourth-order valence-electron chi connectivity index (χ4n) is 3.85. The third-order valence-electron chi connectivity index (χ3n) is 5.61. The third-order valence-corrected chi connectivity index (χ3v) is 5.61. The smallest absolute Gasteiger partial charge is 0.262 e. The number of carbonyl (C=O) groups is 2. The van der Waals surface area contributed by atoms with E-state index in [1.165, 1.54) is 5.56 Å². The molecule has 8 nitrogen and oxygen atoms in total. The number of hydrogen-bond donors (Lipinski definition) is 3. The molecule has 3 rings (SSSR count). The van der Waals surface area contributed by atoms with Gasteiger partial charge in [-0.3, -0.25) is 9.59 Å². The topological polar surface area (TPSA) is 100 Å². The Bertz CT molecular complexity index is 1010. The second-order valence-electron chi connectivity index (χ2n) is 8.66. The van der Waals surface area contributed by atoms with Crippen molar-refractivity contribution >= 4 is 17.5 Å². The quantitative estimate of drug-likeness (QED) is 0.218. The van der Waals surface area contributed by atoms with Gasteiger partial charge in [-0.25, -0.2) is 0 Å². The van der Waals surface area contributed by atoms with E-state index >= 15 is 0 Å². The van der Waals surface area contributed by atoms with Gasteiger partial charge < -0.3 is 30.1 Å². The van der Waals surface area contributed by atoms with E-state index in [0.29, 0.717) is 63.7 Å². The van der Waals surface area contributed by atoms with Crippen molar-refractivity contribution in [1.29, 1.82) is 0 Å². The van der Waals surface area contributed by atoms with Crippen LogP contribution in [0.15, 0.2) is 54.6 Å². The molecular weight excluding hydrogens is 446 g/mol. The molecule has 0 unspecified atom stereocenters. The van der Waals surface area contributed by atoms with Gasteiger partial charge in [0.05, 0.1) is 19.6 Å². The average molecular weight is 482 g/mol. The van der Waals surface area contributed by atoms with Crippen molar-refractivity contribution in [3.05, 3.63) is 65.7 Å². The summed E-state index contributed by atoms with van der Waals surface area (Å²) < 4.78 is 11.2. The molecule has 0 bridgehead atoms. The lowest BCUT2D eigenvalue weighted by molar-refractivity contribution is -0.131. The molecule has 35 heavy (non-hydrogen) atoms. The summed E-state index contributed by atoms with van der Waals surface area (Å²) in [6.07, 6.45) is 1.82. The van der Waals surface area contributed by atoms with Gasteiger partial charge in [-0.05, 0) is 43.5 Å². The van der Waals surface area contributed by atoms with Gasteiger partial charge in [0.1, 0.15) is 11.4 Å². The highest BCUT2D eigenvalue weighted by Crippen LogP contribution is 2.39. The van der Waals surface area contributed by atoms with Crippen LogP contribution in [0.5, 0.6) is 11.5 Å². The largest absolute Gasteiger partial charge is 0.506 e. The Labute approximate surface area is 206 Å². The molecule has 188 valence electrons. The number of nitrogens with one attached hydrogen (secondary N) is 2. The maximum absolute atomic E-state index is 12.7. The summed E-state index contributed by atoms with van der Waals surface area (Å²) >= 11 is 0. The number of aromatic hydroxyl groups is 1. The highest BCUT2D eigenvalue weighted by atomic mass is 16.5. The van der Waals surface area contributed by atoms with Crippen molar-refractivity contribution in [2.45, 2.75) is 26.2 Å². The van der Waals surface area contributed by atoms with Crippen LogP contribution in [-0.2, 0) is 27.2 Å². The van der Waals surface area contributed by atoms with Gasteiger partial charge in [-0.15, -0.1) is 0 Å². The number of carbonyl (C=O) groups excluding carboxylic acids is 2. The molecule has 0 saturated heterocycles. The number of phenols is 1. The first-order valence-electron chi connectivity index (χ1n) is 12.0. The molecule has 3 N–H and O–H groups in total. The lowest BCUT2D eigenvalue weighted by Crippen LogP contribution is -2.38. The molecular formula is C27H35N3O5. The molecule has 0 radical (unpaired) electrons. The number of rotatable bonds is 14. The van der Waals surface area contributed by atoms with Crippen LogP contribution in [-0.4, -0.2) is 67.8 Å². The number of ether oxygens (including phenoxy) is 2. The minimum atomic E-state index is -0.285. The molecule has 2 amide bonds. The SMILES string of the molecule is C=C(C)CN(CCNCCc1ccc(O)c2c1OCC(=O)N2)C(=O)CCOCCc1ccccc1. The first-order valence-corrected chi connectivity index (χ1v) is 12.0. The molecule has 1 heterocycles. The van der Waals surface area contributed by atoms with Crippen LogP contribution in [0, 0.1) is 0 Å². The molecule has 0 aromatic heterocycles. The maximum atomic E-state index is 12.7. The van der Waals surface area contributed by atoms with Crippen molar-refractivity contribution in [3.8, 4) is 11.5 Å². The molecule has 2 aromatic rings. The van der Waals surface area contributed by atoms with E-state index in [1.807, 2.05) is 25.1 Å². The molecule has 0 spiro atoms. The minimum Gasteiger partial charge on any atom is -0.506 e. The number of fused-ring (bicyclic) bond motifs is 1. The fourth-order valence-corrected chi connectivity index (χ4v) is 3.85. The Hall–Kier alpha value is -3.36. The van der Waals surface area contributed by atoms with Crippen LogP contribution in [0.2, 0.25) is 0 Å². The number of hydrogen-bond acceptors (Lipinski definition) is 6. The summed E-state index contributed by atoms with van der Waals surface area (Å²) in [5, 5.41) is 16.0. The van der Waals surface area contributed by atoms with Gasteiger partial charge in [0.2, 0.25) is 5.91 Å². The molecule has 1 aliphatic rings. The Kier molecular flexibility index (Phi) is 10.1. The first kappa shape index (κ1) is 26.2. The van der Waals surface area contributed by atoms with Crippen LogP contribution in [0.1, 0.15) is 24.5 Å². The molecule has 8 heteroatoms. The second-order valence-corrected chi connectivity index (χ2v) is 8.66. The number of anilines is 1. The van der Waals surface area contributed by atoms with Crippen molar-refractivity contribution in [3.63, 3.8) is 0 Å². The maximum Gasteiger partial charge on any atom is 0.262 e. The van der Waals surface area contributed by atoms with Crippen LogP contribution < -0.4 is 15.4 Å². The van der Waals surface area contributed by atoms with Crippen LogP contribution in [0.25, 0.3) is 0 Å². The van der Waals surface area contributed by atoms with Crippen LogP contribution in [0.3, 0.4) is 0 Å². The molecule has 0 fully saturated rings. The Morgan fingerprint density at radius 3 is 2.74 bits per heavy atom. The molecule has 0 aliphatic carbocycles. The standard InChI is InChI=1S/C27H35N3O5/c1-20(2)18-30(25(33)12-17-34-16-11-21-6-4-3-5-7-21)15-14-28-13-10-22-8-9-23(31)26-27(22)35-19-24(32)29-26/h3-9,28,31H,1,10-19H2,2H3,(H,29,32). The summed E-state index contributed by atoms with van der Waals surface area (Å²) in [5.41, 5.74) is 3.37. The number of nitrogens with zero attached hydrogens (tertiary/aromatic N) is 1. The summed E-state index contributed by atoms with van der Waals surface area (Å²) in [6.45, 7) is 9.16. The Balaban J connectivity index is 1.38. The minimum absolute atomic E-state index is 0.0113. The van der Waals surface area contributed by atoms with Crippen LogP contribution >= 0.6 is 0 Å². The van der Waals surface area contributed by atoms with Crippen molar-refractivity contribution in [1.82, 2.24) is 10.2 Å². The van der Waals surface area contributed by atoms with Gasteiger partial charge in [-0.2, -0.15) is 0 Å².